The second kappa shape index (κ2) is 5.14. The largest absolute Gasteiger partial charge is 0.486 e. The third kappa shape index (κ3) is 2.94. The fourth-order valence-electron chi connectivity index (χ4n) is 1.55. The van der Waals surface area contributed by atoms with Crippen molar-refractivity contribution in [3.05, 3.63) is 34.8 Å². The Morgan fingerprint density at radius 2 is 2.06 bits per heavy atom. The predicted molar refractivity (Wildman–Crippen MR) is 69.2 cm³/mol. The molecule has 0 spiro atoms. The van der Waals surface area contributed by atoms with Crippen molar-refractivity contribution < 1.29 is 4.74 Å². The first-order valence-electron chi connectivity index (χ1n) is 5.46. The maximum Gasteiger partial charge on any atom is 0.203 e. The van der Waals surface area contributed by atoms with Crippen LogP contribution in [0.1, 0.15) is 30.3 Å². The molecule has 0 amide bonds. The molecule has 1 heterocycles. The SMILES string of the molecule is CC(C)c1ccccc1OCc1nnc(N)s1. The van der Waals surface area contributed by atoms with Gasteiger partial charge in [0.1, 0.15) is 12.4 Å². The van der Waals surface area contributed by atoms with Crippen LogP contribution in [0.3, 0.4) is 0 Å². The number of benzene rings is 1. The van der Waals surface area contributed by atoms with Gasteiger partial charge in [0.2, 0.25) is 5.13 Å². The van der Waals surface area contributed by atoms with Crippen molar-refractivity contribution in [3.8, 4) is 5.75 Å². The highest BCUT2D eigenvalue weighted by molar-refractivity contribution is 7.15. The molecular weight excluding hydrogens is 234 g/mol. The van der Waals surface area contributed by atoms with Crippen molar-refractivity contribution >= 4 is 16.5 Å². The molecule has 1 aromatic heterocycles. The molecule has 4 nitrogen and oxygen atoms in total. The summed E-state index contributed by atoms with van der Waals surface area (Å²) < 4.78 is 5.75. The van der Waals surface area contributed by atoms with E-state index in [1.54, 1.807) is 0 Å². The summed E-state index contributed by atoms with van der Waals surface area (Å²) in [6, 6.07) is 8.04. The molecule has 0 bridgehead atoms. The van der Waals surface area contributed by atoms with Crippen molar-refractivity contribution in [2.45, 2.75) is 26.4 Å². The minimum absolute atomic E-state index is 0.415. The van der Waals surface area contributed by atoms with Crippen molar-refractivity contribution in [2.75, 3.05) is 5.73 Å². The quantitative estimate of drug-likeness (QED) is 0.905. The molecule has 0 aliphatic rings. The van der Waals surface area contributed by atoms with Gasteiger partial charge in [-0.3, -0.25) is 0 Å². The Bertz CT molecular complexity index is 496. The zero-order valence-electron chi connectivity index (χ0n) is 9.88. The summed E-state index contributed by atoms with van der Waals surface area (Å²) in [5.41, 5.74) is 6.71. The highest BCUT2D eigenvalue weighted by Crippen LogP contribution is 2.26. The number of nitrogen functional groups attached to an aromatic ring is 1. The molecule has 0 aliphatic heterocycles. The summed E-state index contributed by atoms with van der Waals surface area (Å²) in [5, 5.41) is 8.94. The van der Waals surface area contributed by atoms with Gasteiger partial charge in [-0.1, -0.05) is 43.4 Å². The zero-order valence-corrected chi connectivity index (χ0v) is 10.7. The van der Waals surface area contributed by atoms with E-state index in [1.165, 1.54) is 16.9 Å². The van der Waals surface area contributed by atoms with Gasteiger partial charge in [-0.25, -0.2) is 0 Å². The Hall–Kier alpha value is -1.62. The van der Waals surface area contributed by atoms with Gasteiger partial charge in [-0.2, -0.15) is 0 Å². The van der Waals surface area contributed by atoms with E-state index in [2.05, 4.69) is 30.1 Å². The van der Waals surface area contributed by atoms with Crippen LogP contribution in [-0.4, -0.2) is 10.2 Å². The third-order valence-electron chi connectivity index (χ3n) is 2.37. The Morgan fingerprint density at radius 3 is 2.71 bits per heavy atom. The molecule has 5 heteroatoms. The van der Waals surface area contributed by atoms with E-state index in [1.807, 2.05) is 18.2 Å². The van der Waals surface area contributed by atoms with Crippen molar-refractivity contribution in [2.24, 2.45) is 0 Å². The Balaban J connectivity index is 2.08. The van der Waals surface area contributed by atoms with Crippen molar-refractivity contribution in [1.29, 1.82) is 0 Å². The van der Waals surface area contributed by atoms with Crippen LogP contribution < -0.4 is 10.5 Å². The van der Waals surface area contributed by atoms with Gasteiger partial charge in [-0.05, 0) is 17.5 Å². The predicted octanol–water partition coefficient (Wildman–Crippen LogP) is 2.82. The molecule has 0 radical (unpaired) electrons. The van der Waals surface area contributed by atoms with E-state index in [9.17, 15) is 0 Å². The van der Waals surface area contributed by atoms with Crippen LogP contribution >= 0.6 is 11.3 Å². The average molecular weight is 249 g/mol. The highest BCUT2D eigenvalue weighted by Gasteiger charge is 2.08. The number of nitrogens with zero attached hydrogens (tertiary/aromatic N) is 2. The molecule has 0 saturated carbocycles. The number of hydrogen-bond acceptors (Lipinski definition) is 5. The Kier molecular flexibility index (Phi) is 3.58. The van der Waals surface area contributed by atoms with Crippen molar-refractivity contribution in [3.63, 3.8) is 0 Å². The number of rotatable bonds is 4. The summed E-state index contributed by atoms with van der Waals surface area (Å²) in [4.78, 5) is 0. The van der Waals surface area contributed by atoms with Gasteiger partial charge in [0.05, 0.1) is 0 Å². The summed E-state index contributed by atoms with van der Waals surface area (Å²) in [6.07, 6.45) is 0. The first kappa shape index (κ1) is 11.9. The highest BCUT2D eigenvalue weighted by atomic mass is 32.1. The lowest BCUT2D eigenvalue weighted by molar-refractivity contribution is 0.300. The minimum atomic E-state index is 0.415. The number of anilines is 1. The van der Waals surface area contributed by atoms with E-state index < -0.39 is 0 Å². The molecule has 0 saturated heterocycles. The van der Waals surface area contributed by atoms with Crippen molar-refractivity contribution in [1.82, 2.24) is 10.2 Å². The van der Waals surface area contributed by atoms with Gasteiger partial charge in [0.25, 0.3) is 0 Å². The molecule has 17 heavy (non-hydrogen) atoms. The van der Waals surface area contributed by atoms with E-state index in [0.717, 1.165) is 10.8 Å². The molecule has 0 unspecified atom stereocenters. The second-order valence-corrected chi connectivity index (χ2v) is 5.11. The topological polar surface area (TPSA) is 61.0 Å². The van der Waals surface area contributed by atoms with Crippen LogP contribution in [0.25, 0.3) is 0 Å². The van der Waals surface area contributed by atoms with Crippen LogP contribution in [0, 0.1) is 0 Å². The molecule has 0 fully saturated rings. The number of para-hydroxylation sites is 1. The van der Waals surface area contributed by atoms with Crippen LogP contribution in [0.2, 0.25) is 0 Å². The van der Waals surface area contributed by atoms with E-state index >= 15 is 0 Å². The van der Waals surface area contributed by atoms with E-state index in [-0.39, 0.29) is 0 Å². The first-order valence-corrected chi connectivity index (χ1v) is 6.28. The van der Waals surface area contributed by atoms with Crippen LogP contribution in [0.5, 0.6) is 5.75 Å². The number of nitrogens with two attached hydrogens (primary N) is 1. The van der Waals surface area contributed by atoms with Gasteiger partial charge in [-0.15, -0.1) is 10.2 Å². The zero-order chi connectivity index (χ0) is 12.3. The van der Waals surface area contributed by atoms with Gasteiger partial charge in [0.15, 0.2) is 5.01 Å². The van der Waals surface area contributed by atoms with E-state index in [4.69, 9.17) is 10.5 Å². The molecule has 90 valence electrons. The summed E-state index contributed by atoms with van der Waals surface area (Å²) in [6.45, 7) is 4.70. The Labute approximate surface area is 104 Å². The molecule has 0 atom stereocenters. The lowest BCUT2D eigenvalue weighted by Crippen LogP contribution is -1.99. The van der Waals surface area contributed by atoms with Gasteiger partial charge < -0.3 is 10.5 Å². The number of hydrogen-bond donors (Lipinski definition) is 1. The van der Waals surface area contributed by atoms with E-state index in [0.29, 0.717) is 17.7 Å². The number of ether oxygens (including phenoxy) is 1. The minimum Gasteiger partial charge on any atom is -0.486 e. The lowest BCUT2D eigenvalue weighted by atomic mass is 10.0. The monoisotopic (exact) mass is 249 g/mol. The maximum atomic E-state index is 5.75. The summed E-state index contributed by atoms with van der Waals surface area (Å²) in [7, 11) is 0. The molecule has 0 aliphatic carbocycles. The molecular formula is C12H15N3OS. The standard InChI is InChI=1S/C12H15N3OS/c1-8(2)9-5-3-4-6-10(9)16-7-11-14-15-12(13)17-11/h3-6,8H,7H2,1-2H3,(H2,13,15). The smallest absolute Gasteiger partial charge is 0.203 e. The Morgan fingerprint density at radius 1 is 1.29 bits per heavy atom. The van der Waals surface area contributed by atoms with Gasteiger partial charge >= 0.3 is 0 Å². The molecule has 2 N–H and O–H groups in total. The third-order valence-corrected chi connectivity index (χ3v) is 3.10. The second-order valence-electron chi connectivity index (χ2n) is 4.02. The summed E-state index contributed by atoms with van der Waals surface area (Å²) in [5.74, 6) is 1.34. The maximum absolute atomic E-state index is 5.75. The van der Waals surface area contributed by atoms with Gasteiger partial charge in [0, 0.05) is 0 Å². The first-order chi connectivity index (χ1) is 8.16. The molecule has 2 rings (SSSR count). The lowest BCUT2D eigenvalue weighted by Gasteiger charge is -2.12. The van der Waals surface area contributed by atoms with Crippen LogP contribution in [0.15, 0.2) is 24.3 Å². The number of aromatic nitrogens is 2. The van der Waals surface area contributed by atoms with Crippen LogP contribution in [0.4, 0.5) is 5.13 Å². The fourth-order valence-corrected chi connectivity index (χ4v) is 2.08. The molecule has 2 aromatic rings. The van der Waals surface area contributed by atoms with Crippen LogP contribution in [-0.2, 0) is 6.61 Å². The molecule has 1 aromatic carbocycles. The summed E-state index contributed by atoms with van der Waals surface area (Å²) >= 11 is 1.35. The average Bonchev–Trinajstić information content (AvgIpc) is 2.73. The normalized spacial score (nSPS) is 10.8. The fraction of sp³-hybridized carbons (Fsp3) is 0.333.